The minimum atomic E-state index is -1.14. The highest BCUT2D eigenvalue weighted by atomic mass is 16.4. The van der Waals surface area contributed by atoms with Crippen LogP contribution in [0.2, 0.25) is 0 Å². The molecule has 0 aliphatic carbocycles. The van der Waals surface area contributed by atoms with Crippen LogP contribution in [0.3, 0.4) is 0 Å². The summed E-state index contributed by atoms with van der Waals surface area (Å²) < 4.78 is 0. The number of hydrogen-bond donors (Lipinski definition) is 3. The lowest BCUT2D eigenvalue weighted by atomic mass is 10.0. The Balaban J connectivity index is 2.70. The van der Waals surface area contributed by atoms with Gasteiger partial charge in [-0.25, -0.2) is 4.79 Å². The average molecular weight is 300 g/mol. The molecule has 21 heavy (non-hydrogen) atoms. The van der Waals surface area contributed by atoms with Gasteiger partial charge in [0.05, 0.1) is 5.92 Å². The number of hydrogen-bond acceptors (Lipinski definition) is 4. The maximum absolute atomic E-state index is 12.0. The van der Waals surface area contributed by atoms with Gasteiger partial charge in [0.2, 0.25) is 0 Å². The van der Waals surface area contributed by atoms with Crippen LogP contribution in [0.4, 0.5) is 0 Å². The quantitative estimate of drug-likeness (QED) is 0.611. The van der Waals surface area contributed by atoms with Crippen molar-refractivity contribution in [3.8, 4) is 0 Å². The number of nitrogens with zero attached hydrogens (tertiary/aromatic N) is 1. The molecule has 2 amide bonds. The Morgan fingerprint density at radius 1 is 1.14 bits per heavy atom. The van der Waals surface area contributed by atoms with Crippen LogP contribution in [-0.4, -0.2) is 57.5 Å². The third-order valence-corrected chi connectivity index (χ3v) is 3.74. The zero-order valence-electron chi connectivity index (χ0n) is 12.0. The van der Waals surface area contributed by atoms with E-state index in [1.54, 1.807) is 0 Å². The fourth-order valence-electron chi connectivity index (χ4n) is 2.17. The summed E-state index contributed by atoms with van der Waals surface area (Å²) in [7, 11) is 0. The number of aliphatic carboxylic acids is 2. The Bertz CT molecular complexity index is 450. The van der Waals surface area contributed by atoms with E-state index in [0.29, 0.717) is 19.3 Å². The highest BCUT2D eigenvalue weighted by Gasteiger charge is 2.35. The van der Waals surface area contributed by atoms with Gasteiger partial charge in [-0.3, -0.25) is 14.4 Å². The van der Waals surface area contributed by atoms with E-state index in [4.69, 9.17) is 10.2 Å². The Hall–Kier alpha value is -2.12. The maximum Gasteiger partial charge on any atom is 0.326 e. The highest BCUT2D eigenvalue weighted by molar-refractivity contribution is 6.35. The van der Waals surface area contributed by atoms with E-state index >= 15 is 0 Å². The predicted octanol–water partition coefficient (Wildman–Crippen LogP) is -0.322. The fourth-order valence-corrected chi connectivity index (χ4v) is 2.17. The average Bonchev–Trinajstić information content (AvgIpc) is 2.45. The van der Waals surface area contributed by atoms with Gasteiger partial charge in [0.15, 0.2) is 0 Å². The third-order valence-electron chi connectivity index (χ3n) is 3.74. The molecule has 0 radical (unpaired) electrons. The van der Waals surface area contributed by atoms with Crippen molar-refractivity contribution in [3.05, 3.63) is 0 Å². The van der Waals surface area contributed by atoms with Gasteiger partial charge >= 0.3 is 23.8 Å². The van der Waals surface area contributed by atoms with Crippen LogP contribution >= 0.6 is 0 Å². The van der Waals surface area contributed by atoms with Crippen LogP contribution in [0, 0.1) is 5.92 Å². The molecular weight excluding hydrogens is 280 g/mol. The summed E-state index contributed by atoms with van der Waals surface area (Å²) in [5.41, 5.74) is 0. The largest absolute Gasteiger partial charge is 0.481 e. The zero-order chi connectivity index (χ0) is 16.2. The summed E-state index contributed by atoms with van der Waals surface area (Å²) in [5.74, 6) is -4.96. The van der Waals surface area contributed by atoms with Crippen LogP contribution in [0.25, 0.3) is 0 Å². The molecule has 3 N–H and O–H groups in total. The number of likely N-dealkylation sites (tertiary alicyclic amines) is 1. The Labute approximate surface area is 122 Å². The van der Waals surface area contributed by atoms with Gasteiger partial charge in [-0.05, 0) is 33.1 Å². The van der Waals surface area contributed by atoms with Crippen molar-refractivity contribution in [2.45, 2.75) is 45.2 Å². The van der Waals surface area contributed by atoms with Crippen molar-refractivity contribution in [3.63, 3.8) is 0 Å². The second kappa shape index (κ2) is 7.05. The molecule has 0 saturated carbocycles. The van der Waals surface area contributed by atoms with Crippen LogP contribution in [0.15, 0.2) is 0 Å². The summed E-state index contributed by atoms with van der Waals surface area (Å²) in [5, 5.41) is 20.2. The van der Waals surface area contributed by atoms with Crippen LogP contribution in [0.5, 0.6) is 0 Å². The number of nitrogens with one attached hydrogen (secondary N) is 1. The van der Waals surface area contributed by atoms with Crippen LogP contribution < -0.4 is 5.32 Å². The monoisotopic (exact) mass is 300 g/mol. The van der Waals surface area contributed by atoms with Crippen molar-refractivity contribution in [2.24, 2.45) is 5.92 Å². The van der Waals surface area contributed by atoms with E-state index in [0.717, 1.165) is 4.90 Å². The molecule has 0 aromatic rings. The van der Waals surface area contributed by atoms with Crippen molar-refractivity contribution in [1.29, 1.82) is 0 Å². The fraction of sp³-hybridized carbons (Fsp3) is 0.692. The topological polar surface area (TPSA) is 124 Å². The van der Waals surface area contributed by atoms with E-state index in [1.807, 2.05) is 0 Å². The molecule has 1 aliphatic heterocycles. The van der Waals surface area contributed by atoms with Crippen molar-refractivity contribution >= 4 is 23.8 Å². The molecule has 8 heteroatoms. The molecule has 0 aromatic carbocycles. The third kappa shape index (κ3) is 4.17. The highest BCUT2D eigenvalue weighted by Crippen LogP contribution is 2.17. The zero-order valence-corrected chi connectivity index (χ0v) is 12.0. The second-order valence-electron chi connectivity index (χ2n) is 5.24. The number of rotatable bonds is 4. The molecule has 2 unspecified atom stereocenters. The summed E-state index contributed by atoms with van der Waals surface area (Å²) in [6.45, 7) is 3.11. The minimum absolute atomic E-state index is 0.214. The van der Waals surface area contributed by atoms with E-state index in [1.165, 1.54) is 13.8 Å². The number of carbonyl (C=O) groups excluding carboxylic acids is 2. The smallest absolute Gasteiger partial charge is 0.326 e. The Morgan fingerprint density at radius 3 is 2.29 bits per heavy atom. The van der Waals surface area contributed by atoms with Gasteiger partial charge in [-0.15, -0.1) is 0 Å². The lowest BCUT2D eigenvalue weighted by molar-refractivity contribution is -0.156. The molecule has 118 valence electrons. The van der Waals surface area contributed by atoms with Gasteiger partial charge in [-0.2, -0.15) is 0 Å². The first-order valence-electron chi connectivity index (χ1n) is 6.82. The molecule has 1 aliphatic rings. The molecule has 8 nitrogen and oxygen atoms in total. The van der Waals surface area contributed by atoms with E-state index in [-0.39, 0.29) is 6.54 Å². The first kappa shape index (κ1) is 16.9. The van der Waals surface area contributed by atoms with Gasteiger partial charge < -0.3 is 20.4 Å². The maximum atomic E-state index is 12.0. The molecule has 1 saturated heterocycles. The summed E-state index contributed by atoms with van der Waals surface area (Å²) >= 11 is 0. The van der Waals surface area contributed by atoms with Gasteiger partial charge in [0.1, 0.15) is 6.04 Å². The van der Waals surface area contributed by atoms with Crippen LogP contribution in [-0.2, 0) is 19.2 Å². The Kier molecular flexibility index (Phi) is 5.69. The lowest BCUT2D eigenvalue weighted by Gasteiger charge is -2.32. The second-order valence-corrected chi connectivity index (χ2v) is 5.24. The normalized spacial score (nSPS) is 21.2. The molecule has 1 heterocycles. The number of carboxylic acids is 2. The summed E-state index contributed by atoms with van der Waals surface area (Å²) in [4.78, 5) is 46.9. The van der Waals surface area contributed by atoms with E-state index in [9.17, 15) is 19.2 Å². The molecular formula is C13H20N2O6. The number of piperidine rings is 1. The number of amides is 2. The summed E-state index contributed by atoms with van der Waals surface area (Å²) in [6.07, 6.45) is 1.65. The minimum Gasteiger partial charge on any atom is -0.481 e. The molecule has 1 rings (SSSR count). The molecule has 0 spiro atoms. The first-order valence-corrected chi connectivity index (χ1v) is 6.82. The van der Waals surface area contributed by atoms with Crippen molar-refractivity contribution in [2.75, 3.05) is 6.54 Å². The SMILES string of the molecule is CC(NC(=O)C(=O)N1CCCC[C@@H]1C(=O)O)C(C)C(=O)O. The van der Waals surface area contributed by atoms with E-state index in [2.05, 4.69) is 5.32 Å². The first-order chi connectivity index (χ1) is 9.75. The molecule has 1 fully saturated rings. The van der Waals surface area contributed by atoms with Crippen LogP contribution in [0.1, 0.15) is 33.1 Å². The standard InChI is InChI=1S/C13H20N2O6/c1-7(12(18)19)8(2)14-10(16)11(17)15-6-4-3-5-9(15)13(20)21/h7-9H,3-6H2,1-2H3,(H,14,16)(H,18,19)(H,20,21)/t7?,8?,9-/m1/s1. The van der Waals surface area contributed by atoms with Crippen molar-refractivity contribution < 1.29 is 29.4 Å². The lowest BCUT2D eigenvalue weighted by Crippen LogP contribution is -2.54. The van der Waals surface area contributed by atoms with E-state index < -0.39 is 41.8 Å². The number of carboxylic acid groups (broad SMARTS) is 2. The van der Waals surface area contributed by atoms with Crippen molar-refractivity contribution in [1.82, 2.24) is 10.2 Å². The summed E-state index contributed by atoms with van der Waals surface area (Å²) in [6, 6.07) is -1.73. The Morgan fingerprint density at radius 2 is 1.76 bits per heavy atom. The molecule has 3 atom stereocenters. The number of carbonyl (C=O) groups is 4. The molecule has 0 bridgehead atoms. The van der Waals surface area contributed by atoms with Gasteiger partial charge in [0, 0.05) is 12.6 Å². The molecule has 0 aromatic heterocycles. The van der Waals surface area contributed by atoms with Gasteiger partial charge in [0.25, 0.3) is 0 Å². The van der Waals surface area contributed by atoms with Gasteiger partial charge in [-0.1, -0.05) is 0 Å². The predicted molar refractivity (Wildman–Crippen MR) is 71.4 cm³/mol.